The maximum absolute atomic E-state index is 3.52. The third-order valence-electron chi connectivity index (χ3n) is 3.45. The normalized spacial score (nSPS) is 20.5. The Morgan fingerprint density at radius 1 is 1.33 bits per heavy atom. The lowest BCUT2D eigenvalue weighted by Gasteiger charge is -2.42. The summed E-state index contributed by atoms with van der Waals surface area (Å²) >= 11 is 3.52. The zero-order valence-corrected chi connectivity index (χ0v) is 10.3. The number of rotatable bonds is 1. The maximum atomic E-state index is 3.52. The molecule has 1 saturated carbocycles. The molecule has 1 heterocycles. The molecule has 2 aliphatic rings. The highest BCUT2D eigenvalue weighted by molar-refractivity contribution is 9.10. The molecule has 0 radical (unpaired) electrons. The molecule has 1 aromatic carbocycles. The summed E-state index contributed by atoms with van der Waals surface area (Å²) in [7, 11) is 0. The first-order chi connectivity index (χ1) is 7.34. The molecule has 15 heavy (non-hydrogen) atoms. The van der Waals surface area contributed by atoms with Crippen LogP contribution < -0.4 is 10.2 Å². The fourth-order valence-electron chi connectivity index (χ4n) is 2.41. The summed E-state index contributed by atoms with van der Waals surface area (Å²) in [5.74, 6) is 0. The van der Waals surface area contributed by atoms with Crippen molar-refractivity contribution < 1.29 is 0 Å². The predicted molar refractivity (Wildman–Crippen MR) is 67.6 cm³/mol. The van der Waals surface area contributed by atoms with Gasteiger partial charge in [0, 0.05) is 23.6 Å². The van der Waals surface area contributed by atoms with Crippen LogP contribution in [0.15, 0.2) is 22.7 Å². The fourth-order valence-corrected chi connectivity index (χ4v) is 2.77. The monoisotopic (exact) mass is 266 g/mol. The van der Waals surface area contributed by atoms with Gasteiger partial charge in [0.2, 0.25) is 0 Å². The molecule has 3 heteroatoms. The van der Waals surface area contributed by atoms with E-state index in [0.29, 0.717) is 0 Å². The van der Waals surface area contributed by atoms with Gasteiger partial charge in [-0.25, -0.2) is 0 Å². The van der Waals surface area contributed by atoms with Crippen molar-refractivity contribution in [1.29, 1.82) is 0 Å². The van der Waals surface area contributed by atoms with Crippen molar-refractivity contribution in [3.05, 3.63) is 22.7 Å². The number of fused-ring (bicyclic) bond motifs is 1. The molecule has 0 amide bonds. The van der Waals surface area contributed by atoms with Crippen LogP contribution in [0.25, 0.3) is 0 Å². The van der Waals surface area contributed by atoms with Gasteiger partial charge in [-0.15, -0.1) is 0 Å². The fraction of sp³-hybridized carbons (Fsp3) is 0.500. The molecule has 1 fully saturated rings. The van der Waals surface area contributed by atoms with Gasteiger partial charge in [-0.3, -0.25) is 0 Å². The molecule has 1 aliphatic carbocycles. The van der Waals surface area contributed by atoms with Gasteiger partial charge in [0.25, 0.3) is 0 Å². The molecule has 3 rings (SSSR count). The van der Waals surface area contributed by atoms with Gasteiger partial charge < -0.3 is 10.2 Å². The van der Waals surface area contributed by atoms with Crippen molar-refractivity contribution in [2.24, 2.45) is 0 Å². The van der Waals surface area contributed by atoms with Gasteiger partial charge in [0.1, 0.15) is 0 Å². The second-order valence-corrected chi connectivity index (χ2v) is 5.28. The number of halogens is 1. The third-order valence-corrected chi connectivity index (χ3v) is 3.94. The van der Waals surface area contributed by atoms with Crippen molar-refractivity contribution in [1.82, 2.24) is 0 Å². The van der Waals surface area contributed by atoms with E-state index in [1.807, 2.05) is 0 Å². The summed E-state index contributed by atoms with van der Waals surface area (Å²) in [4.78, 5) is 2.57. The van der Waals surface area contributed by atoms with E-state index in [1.165, 1.54) is 30.6 Å². The van der Waals surface area contributed by atoms with Crippen LogP contribution in [0.4, 0.5) is 11.4 Å². The van der Waals surface area contributed by atoms with Gasteiger partial charge in [0.05, 0.1) is 11.4 Å². The van der Waals surface area contributed by atoms with Crippen LogP contribution in [0, 0.1) is 0 Å². The molecular formula is C12H15BrN2. The first-order valence-electron chi connectivity index (χ1n) is 5.65. The number of benzene rings is 1. The number of hydrogen-bond acceptors (Lipinski definition) is 2. The highest BCUT2D eigenvalue weighted by Gasteiger charge is 2.28. The molecule has 0 spiro atoms. The van der Waals surface area contributed by atoms with Crippen LogP contribution in [-0.4, -0.2) is 19.1 Å². The summed E-state index contributed by atoms with van der Waals surface area (Å²) in [6, 6.07) is 7.34. The Hall–Kier alpha value is -0.700. The first kappa shape index (κ1) is 9.52. The number of hydrogen-bond donors (Lipinski definition) is 1. The van der Waals surface area contributed by atoms with Crippen molar-refractivity contribution in [2.45, 2.75) is 25.3 Å². The largest absolute Gasteiger partial charge is 0.382 e. The lowest BCUT2D eigenvalue weighted by molar-refractivity contribution is 0.387. The lowest BCUT2D eigenvalue weighted by Crippen LogP contribution is -2.45. The summed E-state index contributed by atoms with van der Waals surface area (Å²) < 4.78 is 1.16. The zero-order chi connectivity index (χ0) is 10.3. The SMILES string of the molecule is Brc1ccc2c(c1)NCCN2C1CCC1. The molecule has 1 aromatic rings. The van der Waals surface area contributed by atoms with Gasteiger partial charge in [0.15, 0.2) is 0 Å². The minimum atomic E-state index is 0.798. The quantitative estimate of drug-likeness (QED) is 0.840. The van der Waals surface area contributed by atoms with E-state index in [1.54, 1.807) is 0 Å². The van der Waals surface area contributed by atoms with Crippen LogP contribution >= 0.6 is 15.9 Å². The highest BCUT2D eigenvalue weighted by Crippen LogP contribution is 2.37. The van der Waals surface area contributed by atoms with Crippen molar-refractivity contribution in [3.63, 3.8) is 0 Å². The second-order valence-electron chi connectivity index (χ2n) is 4.37. The number of anilines is 2. The number of nitrogens with one attached hydrogen (secondary N) is 1. The average Bonchev–Trinajstić information content (AvgIpc) is 2.15. The van der Waals surface area contributed by atoms with Crippen molar-refractivity contribution in [3.8, 4) is 0 Å². The number of nitrogens with zero attached hydrogens (tertiary/aromatic N) is 1. The van der Waals surface area contributed by atoms with E-state index in [2.05, 4.69) is 44.3 Å². The molecule has 80 valence electrons. The van der Waals surface area contributed by atoms with Crippen LogP contribution in [-0.2, 0) is 0 Å². The Bertz CT molecular complexity index is 374. The molecule has 1 N–H and O–H groups in total. The Morgan fingerprint density at radius 3 is 2.93 bits per heavy atom. The minimum absolute atomic E-state index is 0.798. The van der Waals surface area contributed by atoms with E-state index >= 15 is 0 Å². The van der Waals surface area contributed by atoms with Crippen molar-refractivity contribution >= 4 is 27.3 Å². The van der Waals surface area contributed by atoms with E-state index in [9.17, 15) is 0 Å². The van der Waals surface area contributed by atoms with E-state index in [4.69, 9.17) is 0 Å². The topological polar surface area (TPSA) is 15.3 Å². The third kappa shape index (κ3) is 1.63. The van der Waals surface area contributed by atoms with E-state index in [-0.39, 0.29) is 0 Å². The molecule has 0 bridgehead atoms. The summed E-state index contributed by atoms with van der Waals surface area (Å²) in [5.41, 5.74) is 2.66. The van der Waals surface area contributed by atoms with Crippen LogP contribution in [0.5, 0.6) is 0 Å². The first-order valence-corrected chi connectivity index (χ1v) is 6.44. The zero-order valence-electron chi connectivity index (χ0n) is 8.67. The Labute approximate surface area is 98.8 Å². The van der Waals surface area contributed by atoms with Crippen molar-refractivity contribution in [2.75, 3.05) is 23.3 Å². The summed E-state index contributed by atoms with van der Waals surface area (Å²) in [6.07, 6.45) is 4.14. The smallest absolute Gasteiger partial charge is 0.0605 e. The average molecular weight is 267 g/mol. The minimum Gasteiger partial charge on any atom is -0.382 e. The molecule has 1 aliphatic heterocycles. The lowest BCUT2D eigenvalue weighted by atomic mass is 9.90. The van der Waals surface area contributed by atoms with Gasteiger partial charge in [-0.05, 0) is 37.5 Å². The second kappa shape index (κ2) is 3.71. The molecule has 2 nitrogen and oxygen atoms in total. The highest BCUT2D eigenvalue weighted by atomic mass is 79.9. The predicted octanol–water partition coefficient (Wildman–Crippen LogP) is 3.23. The molecular weight excluding hydrogens is 252 g/mol. The Balaban J connectivity index is 1.95. The molecule has 0 unspecified atom stereocenters. The van der Waals surface area contributed by atoms with Crippen LogP contribution in [0.2, 0.25) is 0 Å². The van der Waals surface area contributed by atoms with E-state index in [0.717, 1.165) is 23.6 Å². The molecule has 0 aromatic heterocycles. The standard InChI is InChI=1S/C12H15BrN2/c13-9-4-5-12-11(8-9)14-6-7-15(12)10-2-1-3-10/h4-5,8,10,14H,1-3,6-7H2. The van der Waals surface area contributed by atoms with Gasteiger partial charge in [-0.1, -0.05) is 15.9 Å². The van der Waals surface area contributed by atoms with Gasteiger partial charge >= 0.3 is 0 Å². The molecule has 0 atom stereocenters. The molecule has 0 saturated heterocycles. The summed E-state index contributed by atoms with van der Waals surface area (Å²) in [5, 5.41) is 3.46. The van der Waals surface area contributed by atoms with Crippen LogP contribution in [0.3, 0.4) is 0 Å². The van der Waals surface area contributed by atoms with E-state index < -0.39 is 0 Å². The maximum Gasteiger partial charge on any atom is 0.0605 e. The summed E-state index contributed by atoms with van der Waals surface area (Å²) in [6.45, 7) is 2.22. The van der Waals surface area contributed by atoms with Crippen LogP contribution in [0.1, 0.15) is 19.3 Å². The van der Waals surface area contributed by atoms with Gasteiger partial charge in [-0.2, -0.15) is 0 Å². The Morgan fingerprint density at radius 2 is 2.20 bits per heavy atom. The Kier molecular flexibility index (Phi) is 2.35.